The Kier molecular flexibility index (Phi) is 3.71. The van der Waals surface area contributed by atoms with E-state index in [1.54, 1.807) is 0 Å². The molecule has 0 radical (unpaired) electrons. The van der Waals surface area contributed by atoms with Gasteiger partial charge in [-0.2, -0.15) is 0 Å². The van der Waals surface area contributed by atoms with Crippen molar-refractivity contribution in [3.63, 3.8) is 0 Å². The Bertz CT molecular complexity index is 205. The molecule has 82 valence electrons. The van der Waals surface area contributed by atoms with Gasteiger partial charge in [-0.05, 0) is 20.8 Å². The molecule has 5 heteroatoms. The highest BCUT2D eigenvalue weighted by atomic mass is 16.7. The molecule has 0 aliphatic carbocycles. The third-order valence-electron chi connectivity index (χ3n) is 1.79. The largest absolute Gasteiger partial charge is 0.447 e. The molecule has 5 nitrogen and oxygen atoms in total. The average Bonchev–Trinajstić information content (AvgIpc) is 2.43. The lowest BCUT2D eigenvalue weighted by Crippen LogP contribution is -2.29. The molecule has 0 aromatic heterocycles. The summed E-state index contributed by atoms with van der Waals surface area (Å²) in [5.74, 6) is -0.560. The molecule has 1 rings (SSSR count). The van der Waals surface area contributed by atoms with Crippen molar-refractivity contribution in [2.24, 2.45) is 0 Å². The van der Waals surface area contributed by atoms with Gasteiger partial charge >= 0.3 is 6.09 Å². The predicted octanol–water partition coefficient (Wildman–Crippen LogP) is 0.884. The van der Waals surface area contributed by atoms with Crippen LogP contribution in [0, 0.1) is 0 Å². The van der Waals surface area contributed by atoms with Crippen LogP contribution in [0.15, 0.2) is 0 Å². The van der Waals surface area contributed by atoms with Crippen LogP contribution < -0.4 is 5.32 Å². The number of nitrogens with one attached hydrogen (secondary N) is 1. The minimum absolute atomic E-state index is 0.160. The van der Waals surface area contributed by atoms with E-state index in [9.17, 15) is 4.79 Å². The van der Waals surface area contributed by atoms with Gasteiger partial charge in [-0.3, -0.25) is 0 Å². The molecule has 14 heavy (non-hydrogen) atoms. The summed E-state index contributed by atoms with van der Waals surface area (Å²) in [6.07, 6.45) is -0.576. The summed E-state index contributed by atoms with van der Waals surface area (Å²) >= 11 is 0. The molecule has 1 fully saturated rings. The van der Waals surface area contributed by atoms with Gasteiger partial charge in [0, 0.05) is 6.54 Å². The number of hydrogen-bond donors (Lipinski definition) is 1. The maximum atomic E-state index is 10.9. The van der Waals surface area contributed by atoms with Crippen LogP contribution in [0.5, 0.6) is 0 Å². The van der Waals surface area contributed by atoms with Gasteiger partial charge in [0.25, 0.3) is 0 Å². The quantitative estimate of drug-likeness (QED) is 0.740. The summed E-state index contributed by atoms with van der Waals surface area (Å²) in [7, 11) is 0. The SMILES string of the molecule is CCNC(=O)OC[C@H]1COC(C)(C)O1. The van der Waals surface area contributed by atoms with E-state index in [1.165, 1.54) is 0 Å². The van der Waals surface area contributed by atoms with Gasteiger partial charge in [0.15, 0.2) is 5.79 Å². The fourth-order valence-electron chi connectivity index (χ4n) is 1.21. The van der Waals surface area contributed by atoms with Crippen molar-refractivity contribution < 1.29 is 19.0 Å². The standard InChI is InChI=1S/C9H17NO4/c1-4-10-8(11)12-5-7-6-13-9(2,3)14-7/h7H,4-6H2,1-3H3,(H,10,11)/t7-/m0/s1. The summed E-state index contributed by atoms with van der Waals surface area (Å²) in [6.45, 7) is 6.76. The minimum atomic E-state index is -0.560. The van der Waals surface area contributed by atoms with E-state index < -0.39 is 11.9 Å². The molecule has 1 heterocycles. The van der Waals surface area contributed by atoms with E-state index in [0.29, 0.717) is 13.2 Å². The topological polar surface area (TPSA) is 56.8 Å². The summed E-state index contributed by atoms with van der Waals surface area (Å²) in [4.78, 5) is 10.9. The number of carbonyl (C=O) groups excluding carboxylic acids is 1. The second-order valence-electron chi connectivity index (χ2n) is 3.58. The van der Waals surface area contributed by atoms with Crippen molar-refractivity contribution in [3.8, 4) is 0 Å². The van der Waals surface area contributed by atoms with Crippen LogP contribution in [-0.2, 0) is 14.2 Å². The van der Waals surface area contributed by atoms with Gasteiger partial charge in [-0.15, -0.1) is 0 Å². The predicted molar refractivity (Wildman–Crippen MR) is 49.9 cm³/mol. The highest BCUT2D eigenvalue weighted by Gasteiger charge is 2.33. The summed E-state index contributed by atoms with van der Waals surface area (Å²) in [5.41, 5.74) is 0. The zero-order valence-electron chi connectivity index (χ0n) is 8.83. The van der Waals surface area contributed by atoms with Crippen molar-refractivity contribution in [2.75, 3.05) is 19.8 Å². The van der Waals surface area contributed by atoms with Crippen molar-refractivity contribution in [1.82, 2.24) is 5.32 Å². The van der Waals surface area contributed by atoms with E-state index in [2.05, 4.69) is 5.32 Å². The highest BCUT2D eigenvalue weighted by Crippen LogP contribution is 2.22. The van der Waals surface area contributed by atoms with Crippen molar-refractivity contribution >= 4 is 6.09 Å². The van der Waals surface area contributed by atoms with Crippen LogP contribution in [0.2, 0.25) is 0 Å². The van der Waals surface area contributed by atoms with Crippen LogP contribution in [0.3, 0.4) is 0 Å². The van der Waals surface area contributed by atoms with E-state index in [-0.39, 0.29) is 12.7 Å². The van der Waals surface area contributed by atoms with E-state index >= 15 is 0 Å². The molecule has 1 N–H and O–H groups in total. The molecule has 0 spiro atoms. The molecule has 0 aromatic rings. The highest BCUT2D eigenvalue weighted by molar-refractivity contribution is 5.66. The maximum absolute atomic E-state index is 10.9. The molecule has 0 saturated carbocycles. The number of amides is 1. The average molecular weight is 203 g/mol. The number of ether oxygens (including phenoxy) is 3. The van der Waals surface area contributed by atoms with Gasteiger partial charge in [-0.1, -0.05) is 0 Å². The van der Waals surface area contributed by atoms with E-state index in [0.717, 1.165) is 0 Å². The smallest absolute Gasteiger partial charge is 0.407 e. The monoisotopic (exact) mass is 203 g/mol. The summed E-state index contributed by atoms with van der Waals surface area (Å²) in [5, 5.41) is 2.53. The lowest BCUT2D eigenvalue weighted by Gasteiger charge is -2.16. The Morgan fingerprint density at radius 3 is 2.86 bits per heavy atom. The molecular weight excluding hydrogens is 186 g/mol. The second kappa shape index (κ2) is 4.61. The van der Waals surface area contributed by atoms with E-state index in [1.807, 2.05) is 20.8 Å². The molecule has 0 unspecified atom stereocenters. The Hall–Kier alpha value is -0.810. The lowest BCUT2D eigenvalue weighted by atomic mass is 10.4. The number of hydrogen-bond acceptors (Lipinski definition) is 4. The molecule has 0 bridgehead atoms. The third-order valence-corrected chi connectivity index (χ3v) is 1.79. The number of carbonyl (C=O) groups is 1. The lowest BCUT2D eigenvalue weighted by molar-refractivity contribution is -0.142. The Morgan fingerprint density at radius 1 is 1.64 bits per heavy atom. The Morgan fingerprint density at radius 2 is 2.36 bits per heavy atom. The fraction of sp³-hybridized carbons (Fsp3) is 0.889. The van der Waals surface area contributed by atoms with Crippen LogP contribution >= 0.6 is 0 Å². The zero-order valence-corrected chi connectivity index (χ0v) is 8.83. The molecular formula is C9H17NO4. The first-order valence-corrected chi connectivity index (χ1v) is 4.76. The van der Waals surface area contributed by atoms with Crippen LogP contribution in [0.4, 0.5) is 4.79 Å². The molecule has 0 aromatic carbocycles. The van der Waals surface area contributed by atoms with Gasteiger partial charge in [0.1, 0.15) is 12.7 Å². The first kappa shape index (κ1) is 11.3. The Balaban J connectivity index is 2.17. The van der Waals surface area contributed by atoms with E-state index in [4.69, 9.17) is 14.2 Å². The molecule has 1 aliphatic rings. The maximum Gasteiger partial charge on any atom is 0.407 e. The van der Waals surface area contributed by atoms with Crippen LogP contribution in [-0.4, -0.2) is 37.7 Å². The van der Waals surface area contributed by atoms with Crippen LogP contribution in [0.1, 0.15) is 20.8 Å². The molecule has 1 aliphatic heterocycles. The molecule has 1 saturated heterocycles. The minimum Gasteiger partial charge on any atom is -0.447 e. The first-order chi connectivity index (χ1) is 6.53. The summed E-state index contributed by atoms with van der Waals surface area (Å²) < 4.78 is 15.7. The number of rotatable bonds is 3. The van der Waals surface area contributed by atoms with Gasteiger partial charge in [0.05, 0.1) is 6.61 Å². The Labute approximate surface area is 83.7 Å². The van der Waals surface area contributed by atoms with Crippen molar-refractivity contribution in [3.05, 3.63) is 0 Å². The zero-order chi connectivity index (χ0) is 10.6. The molecule has 1 atom stereocenters. The summed E-state index contributed by atoms with van der Waals surface area (Å²) in [6, 6.07) is 0. The fourth-order valence-corrected chi connectivity index (χ4v) is 1.21. The van der Waals surface area contributed by atoms with Crippen LogP contribution in [0.25, 0.3) is 0 Å². The van der Waals surface area contributed by atoms with Gasteiger partial charge < -0.3 is 19.5 Å². The first-order valence-electron chi connectivity index (χ1n) is 4.76. The normalized spacial score (nSPS) is 24.6. The third kappa shape index (κ3) is 3.51. The number of alkyl carbamates (subject to hydrolysis) is 1. The molecule has 1 amide bonds. The van der Waals surface area contributed by atoms with Crippen molar-refractivity contribution in [1.29, 1.82) is 0 Å². The van der Waals surface area contributed by atoms with Gasteiger partial charge in [0.2, 0.25) is 0 Å². The second-order valence-corrected chi connectivity index (χ2v) is 3.58. The van der Waals surface area contributed by atoms with Gasteiger partial charge in [-0.25, -0.2) is 4.79 Å². The van der Waals surface area contributed by atoms with Crippen molar-refractivity contribution in [2.45, 2.75) is 32.7 Å².